The van der Waals surface area contributed by atoms with Crippen LogP contribution in [0.25, 0.3) is 11.0 Å². The molecule has 1 aliphatic rings. The normalized spacial score (nSPS) is 17.2. The molecule has 1 saturated carbocycles. The molecule has 0 saturated heterocycles. The van der Waals surface area contributed by atoms with Gasteiger partial charge in [-0.05, 0) is 18.9 Å². The molecule has 1 fully saturated rings. The molecule has 0 spiro atoms. The fraction of sp³-hybridized carbons (Fsp3) is 0.500. The summed E-state index contributed by atoms with van der Waals surface area (Å²) in [6.07, 6.45) is 7.74. The van der Waals surface area contributed by atoms with Gasteiger partial charge >= 0.3 is 0 Å². The zero-order chi connectivity index (χ0) is 15.0. The first kappa shape index (κ1) is 14.2. The van der Waals surface area contributed by atoms with Gasteiger partial charge in [0.15, 0.2) is 0 Å². The first-order valence-corrected chi connectivity index (χ1v) is 8.94. The number of hydrogen-bond acceptors (Lipinski definition) is 5. The Balaban J connectivity index is 2.25. The van der Waals surface area contributed by atoms with E-state index >= 15 is 0 Å². The van der Waals surface area contributed by atoms with E-state index in [0.29, 0.717) is 11.0 Å². The van der Waals surface area contributed by atoms with Gasteiger partial charge in [-0.25, -0.2) is 13.4 Å². The molecule has 0 bridgehead atoms. The minimum absolute atomic E-state index is 0.0947. The minimum Gasteiger partial charge on any atom is -0.289 e. The lowest BCUT2D eigenvalue weighted by atomic mass is 9.95. The smallest absolute Gasteiger partial charge is 0.252 e. The molecule has 7 heteroatoms. The van der Waals surface area contributed by atoms with Crippen LogP contribution in [0, 0.1) is 0 Å². The van der Waals surface area contributed by atoms with Gasteiger partial charge in [0.05, 0.1) is 0 Å². The SMILES string of the molecule is CS(=O)(=O)c1ncc2ccc(=O)n(C3CCCCC3)c2n1. The van der Waals surface area contributed by atoms with Crippen molar-refractivity contribution in [2.45, 2.75) is 43.3 Å². The van der Waals surface area contributed by atoms with Gasteiger partial charge < -0.3 is 0 Å². The van der Waals surface area contributed by atoms with E-state index in [1.807, 2.05) is 0 Å². The van der Waals surface area contributed by atoms with Gasteiger partial charge in [0, 0.05) is 29.9 Å². The zero-order valence-electron chi connectivity index (χ0n) is 11.8. The summed E-state index contributed by atoms with van der Waals surface area (Å²) < 4.78 is 24.9. The summed E-state index contributed by atoms with van der Waals surface area (Å²) in [5.74, 6) is 0. The third kappa shape index (κ3) is 2.70. The Bertz CT molecular complexity index is 836. The van der Waals surface area contributed by atoms with Gasteiger partial charge in [-0.2, -0.15) is 4.98 Å². The monoisotopic (exact) mass is 307 g/mol. The Morgan fingerprint density at radius 1 is 1.19 bits per heavy atom. The van der Waals surface area contributed by atoms with E-state index in [1.165, 1.54) is 18.7 Å². The van der Waals surface area contributed by atoms with Crippen LogP contribution in [0.1, 0.15) is 38.1 Å². The molecule has 112 valence electrons. The van der Waals surface area contributed by atoms with Crippen LogP contribution >= 0.6 is 0 Å². The maximum Gasteiger partial charge on any atom is 0.252 e. The van der Waals surface area contributed by atoms with E-state index in [4.69, 9.17) is 0 Å². The van der Waals surface area contributed by atoms with Crippen LogP contribution in [-0.2, 0) is 9.84 Å². The molecule has 0 N–H and O–H groups in total. The molecule has 0 atom stereocenters. The third-order valence-electron chi connectivity index (χ3n) is 3.92. The van der Waals surface area contributed by atoms with E-state index in [9.17, 15) is 13.2 Å². The zero-order valence-corrected chi connectivity index (χ0v) is 12.6. The third-order valence-corrected chi connectivity index (χ3v) is 4.78. The summed E-state index contributed by atoms with van der Waals surface area (Å²) in [6.45, 7) is 0. The highest BCUT2D eigenvalue weighted by molar-refractivity contribution is 7.90. The second-order valence-electron chi connectivity index (χ2n) is 5.54. The Hall–Kier alpha value is -1.76. The molecule has 2 aromatic heterocycles. The molecule has 21 heavy (non-hydrogen) atoms. The average Bonchev–Trinajstić information content (AvgIpc) is 2.46. The molecule has 0 unspecified atom stereocenters. The van der Waals surface area contributed by atoms with Crippen molar-refractivity contribution in [3.05, 3.63) is 28.7 Å². The first-order valence-electron chi connectivity index (χ1n) is 7.05. The van der Waals surface area contributed by atoms with Gasteiger partial charge in [-0.3, -0.25) is 9.36 Å². The molecule has 1 aliphatic carbocycles. The standard InChI is InChI=1S/C14H17N3O3S/c1-21(19,20)14-15-9-10-7-8-12(18)17(13(10)16-14)11-5-3-2-4-6-11/h7-9,11H,2-6H2,1H3. The van der Waals surface area contributed by atoms with Gasteiger partial charge in [0.2, 0.25) is 15.0 Å². The van der Waals surface area contributed by atoms with Crippen LogP contribution in [0.4, 0.5) is 0 Å². The van der Waals surface area contributed by atoms with Crippen molar-refractivity contribution < 1.29 is 8.42 Å². The van der Waals surface area contributed by atoms with Crippen molar-refractivity contribution in [3.63, 3.8) is 0 Å². The van der Waals surface area contributed by atoms with Crippen molar-refractivity contribution in [1.82, 2.24) is 14.5 Å². The number of rotatable bonds is 2. The van der Waals surface area contributed by atoms with Crippen molar-refractivity contribution in [2.24, 2.45) is 0 Å². The van der Waals surface area contributed by atoms with E-state index < -0.39 is 9.84 Å². The first-order chi connectivity index (χ1) is 9.97. The maximum absolute atomic E-state index is 12.2. The molecular formula is C14H17N3O3S. The highest BCUT2D eigenvalue weighted by Gasteiger charge is 2.20. The quantitative estimate of drug-likeness (QED) is 0.789. The van der Waals surface area contributed by atoms with Crippen LogP contribution in [0.3, 0.4) is 0 Å². The number of fused-ring (bicyclic) bond motifs is 1. The molecule has 2 heterocycles. The summed E-state index contributed by atoms with van der Waals surface area (Å²) in [5, 5.41) is 0.456. The Morgan fingerprint density at radius 3 is 2.57 bits per heavy atom. The fourth-order valence-corrected chi connectivity index (χ4v) is 3.39. The maximum atomic E-state index is 12.2. The number of hydrogen-bond donors (Lipinski definition) is 0. The molecule has 0 amide bonds. The summed E-state index contributed by atoms with van der Waals surface area (Å²) >= 11 is 0. The molecule has 6 nitrogen and oxygen atoms in total. The highest BCUT2D eigenvalue weighted by Crippen LogP contribution is 2.28. The molecule has 0 aromatic carbocycles. The van der Waals surface area contributed by atoms with Gasteiger partial charge in [0.25, 0.3) is 5.56 Å². The van der Waals surface area contributed by atoms with Crippen LogP contribution in [0.2, 0.25) is 0 Å². The van der Waals surface area contributed by atoms with E-state index in [2.05, 4.69) is 9.97 Å². The van der Waals surface area contributed by atoms with Gasteiger partial charge in [0.1, 0.15) is 5.65 Å². The summed E-state index contributed by atoms with van der Waals surface area (Å²) in [4.78, 5) is 20.3. The van der Waals surface area contributed by atoms with Crippen LogP contribution in [-0.4, -0.2) is 29.2 Å². The van der Waals surface area contributed by atoms with Crippen LogP contribution in [0.15, 0.2) is 28.3 Å². The van der Waals surface area contributed by atoms with E-state index in [-0.39, 0.29) is 16.8 Å². The Labute approximate surface area is 122 Å². The Morgan fingerprint density at radius 2 is 1.90 bits per heavy atom. The predicted molar refractivity (Wildman–Crippen MR) is 79.0 cm³/mol. The largest absolute Gasteiger partial charge is 0.289 e. The predicted octanol–water partition coefficient (Wildman–Crippen LogP) is 1.70. The summed E-state index contributed by atoms with van der Waals surface area (Å²) in [7, 11) is -3.49. The van der Waals surface area contributed by atoms with Crippen molar-refractivity contribution in [1.29, 1.82) is 0 Å². The number of pyridine rings is 1. The van der Waals surface area contributed by atoms with Crippen molar-refractivity contribution in [2.75, 3.05) is 6.26 Å². The lowest BCUT2D eigenvalue weighted by molar-refractivity contribution is 0.352. The lowest BCUT2D eigenvalue weighted by Gasteiger charge is -2.24. The van der Waals surface area contributed by atoms with E-state index in [1.54, 1.807) is 10.6 Å². The highest BCUT2D eigenvalue weighted by atomic mass is 32.2. The summed E-state index contributed by atoms with van der Waals surface area (Å²) in [6, 6.07) is 3.24. The number of nitrogens with zero attached hydrogens (tertiary/aromatic N) is 3. The lowest BCUT2D eigenvalue weighted by Crippen LogP contribution is -2.27. The molecule has 3 rings (SSSR count). The number of sulfone groups is 1. The van der Waals surface area contributed by atoms with E-state index in [0.717, 1.165) is 31.9 Å². The molecule has 0 radical (unpaired) electrons. The van der Waals surface area contributed by atoms with Crippen molar-refractivity contribution in [3.8, 4) is 0 Å². The van der Waals surface area contributed by atoms with Crippen molar-refractivity contribution >= 4 is 20.9 Å². The van der Waals surface area contributed by atoms with Gasteiger partial charge in [-0.15, -0.1) is 0 Å². The molecule has 0 aliphatic heterocycles. The fourth-order valence-electron chi connectivity index (χ4n) is 2.89. The molecule has 2 aromatic rings. The molecular weight excluding hydrogens is 290 g/mol. The summed E-state index contributed by atoms with van der Waals surface area (Å²) in [5.41, 5.74) is 0.289. The Kier molecular flexibility index (Phi) is 3.52. The van der Waals surface area contributed by atoms with Crippen LogP contribution < -0.4 is 5.56 Å². The number of aromatic nitrogens is 3. The second-order valence-corrected chi connectivity index (χ2v) is 7.45. The second kappa shape index (κ2) is 5.22. The minimum atomic E-state index is -3.49. The average molecular weight is 307 g/mol. The van der Waals surface area contributed by atoms with Gasteiger partial charge in [-0.1, -0.05) is 19.3 Å². The topological polar surface area (TPSA) is 81.9 Å². The van der Waals surface area contributed by atoms with Crippen LogP contribution in [0.5, 0.6) is 0 Å².